The largest absolute Gasteiger partial charge is 0.452 e. The Hall–Kier alpha value is -2.63. The number of nitrogens with zero attached hydrogens (tertiary/aromatic N) is 1. The Morgan fingerprint density at radius 1 is 1.19 bits per heavy atom. The predicted octanol–water partition coefficient (Wildman–Crippen LogP) is 2.72. The van der Waals surface area contributed by atoms with Crippen LogP contribution >= 0.6 is 0 Å². The molecule has 0 saturated heterocycles. The monoisotopic (exact) mass is 356 g/mol. The molecule has 1 heterocycles. The fraction of sp³-hybridized carbons (Fsp3) is 0.450. The number of likely N-dealkylation sites (N-methyl/N-ethyl adjacent to an activating group) is 1. The van der Waals surface area contributed by atoms with Gasteiger partial charge in [-0.05, 0) is 37.7 Å². The zero-order valence-corrected chi connectivity index (χ0v) is 15.2. The standard InChI is InChI=1S/C20H24N2O4/c1-13-7-9-14(10-8-13)22(2)19(24)12-26-20(25)16-11-18(23)21-17-6-4-3-5-15(16)17/h3-6,11,13-14H,7-10,12H2,1-2H3,(H,21,23). The normalized spacial score (nSPS) is 19.9. The molecule has 0 bridgehead atoms. The van der Waals surface area contributed by atoms with Gasteiger partial charge in [0.25, 0.3) is 5.91 Å². The summed E-state index contributed by atoms with van der Waals surface area (Å²) >= 11 is 0. The maximum atomic E-state index is 12.4. The van der Waals surface area contributed by atoms with Gasteiger partial charge >= 0.3 is 5.97 Å². The molecule has 2 aromatic rings. The van der Waals surface area contributed by atoms with Crippen molar-refractivity contribution >= 4 is 22.8 Å². The Morgan fingerprint density at radius 3 is 2.62 bits per heavy atom. The zero-order valence-electron chi connectivity index (χ0n) is 15.2. The lowest BCUT2D eigenvalue weighted by molar-refractivity contribution is -0.136. The summed E-state index contributed by atoms with van der Waals surface area (Å²) in [6.07, 6.45) is 4.19. The molecule has 0 spiro atoms. The summed E-state index contributed by atoms with van der Waals surface area (Å²) in [5.74, 6) is -0.171. The Morgan fingerprint density at radius 2 is 1.88 bits per heavy atom. The van der Waals surface area contributed by atoms with E-state index in [0.29, 0.717) is 16.8 Å². The van der Waals surface area contributed by atoms with Crippen molar-refractivity contribution in [3.8, 4) is 0 Å². The summed E-state index contributed by atoms with van der Waals surface area (Å²) in [5.41, 5.74) is 0.355. The van der Waals surface area contributed by atoms with Crippen molar-refractivity contribution in [3.63, 3.8) is 0 Å². The third-order valence-electron chi connectivity index (χ3n) is 5.22. The fourth-order valence-corrected chi connectivity index (χ4v) is 3.51. The van der Waals surface area contributed by atoms with Crippen molar-refractivity contribution in [3.05, 3.63) is 46.2 Å². The van der Waals surface area contributed by atoms with Crippen LogP contribution in [0.1, 0.15) is 43.0 Å². The molecular weight excluding hydrogens is 332 g/mol. The van der Waals surface area contributed by atoms with Crippen molar-refractivity contribution < 1.29 is 14.3 Å². The van der Waals surface area contributed by atoms with E-state index in [9.17, 15) is 14.4 Å². The molecule has 1 amide bonds. The molecule has 0 radical (unpaired) electrons. The first-order valence-electron chi connectivity index (χ1n) is 9.00. The highest BCUT2D eigenvalue weighted by Gasteiger charge is 2.25. The molecule has 0 unspecified atom stereocenters. The van der Waals surface area contributed by atoms with Gasteiger partial charge in [-0.2, -0.15) is 0 Å². The second-order valence-electron chi connectivity index (χ2n) is 7.09. The molecule has 0 atom stereocenters. The average molecular weight is 356 g/mol. The van der Waals surface area contributed by atoms with Crippen LogP contribution in [0.2, 0.25) is 0 Å². The lowest BCUT2D eigenvalue weighted by Crippen LogP contribution is -2.41. The summed E-state index contributed by atoms with van der Waals surface area (Å²) in [6, 6.07) is 8.42. The van der Waals surface area contributed by atoms with Gasteiger partial charge < -0.3 is 14.6 Å². The van der Waals surface area contributed by atoms with E-state index in [1.807, 2.05) is 0 Å². The van der Waals surface area contributed by atoms with Crippen LogP contribution in [0.15, 0.2) is 35.1 Å². The lowest BCUT2D eigenvalue weighted by Gasteiger charge is -2.33. The minimum absolute atomic E-state index is 0.172. The highest BCUT2D eigenvalue weighted by atomic mass is 16.5. The summed E-state index contributed by atoms with van der Waals surface area (Å²) in [4.78, 5) is 40.9. The fourth-order valence-electron chi connectivity index (χ4n) is 3.51. The number of benzene rings is 1. The Labute approximate surface area is 152 Å². The maximum Gasteiger partial charge on any atom is 0.339 e. The molecule has 1 fully saturated rings. The number of para-hydroxylation sites is 1. The van der Waals surface area contributed by atoms with Gasteiger partial charge in [0.15, 0.2) is 6.61 Å². The molecule has 1 saturated carbocycles. The van der Waals surface area contributed by atoms with Gasteiger partial charge in [0.1, 0.15) is 0 Å². The molecule has 1 aromatic heterocycles. The first-order valence-corrected chi connectivity index (χ1v) is 9.00. The molecule has 6 nitrogen and oxygen atoms in total. The highest BCUT2D eigenvalue weighted by Crippen LogP contribution is 2.26. The molecule has 3 rings (SSSR count). The van der Waals surface area contributed by atoms with E-state index in [1.54, 1.807) is 36.2 Å². The molecule has 0 aliphatic heterocycles. The number of carbonyl (C=O) groups is 2. The molecule has 1 aliphatic rings. The Bertz CT molecular complexity index is 865. The van der Waals surface area contributed by atoms with E-state index in [4.69, 9.17) is 4.74 Å². The van der Waals surface area contributed by atoms with Crippen molar-refractivity contribution in [1.82, 2.24) is 9.88 Å². The Kier molecular flexibility index (Phi) is 5.40. The summed E-state index contributed by atoms with van der Waals surface area (Å²) in [7, 11) is 1.76. The molecule has 6 heteroatoms. The number of amides is 1. The van der Waals surface area contributed by atoms with E-state index in [2.05, 4.69) is 11.9 Å². The van der Waals surface area contributed by atoms with Crippen LogP contribution in [0.25, 0.3) is 10.9 Å². The van der Waals surface area contributed by atoms with Crippen LogP contribution in [0, 0.1) is 5.92 Å². The van der Waals surface area contributed by atoms with Crippen molar-refractivity contribution in [2.24, 2.45) is 5.92 Å². The molecule has 1 aliphatic carbocycles. The van der Waals surface area contributed by atoms with Crippen LogP contribution in [-0.4, -0.2) is 41.5 Å². The number of fused-ring (bicyclic) bond motifs is 1. The lowest BCUT2D eigenvalue weighted by atomic mass is 9.87. The number of ether oxygens (including phenoxy) is 1. The van der Waals surface area contributed by atoms with Crippen molar-refractivity contribution in [2.75, 3.05) is 13.7 Å². The van der Waals surface area contributed by atoms with Gasteiger partial charge in [-0.1, -0.05) is 25.1 Å². The number of H-pyrrole nitrogens is 1. The van der Waals surface area contributed by atoms with Gasteiger partial charge in [0.05, 0.1) is 5.56 Å². The number of hydrogen-bond acceptors (Lipinski definition) is 4. The smallest absolute Gasteiger partial charge is 0.339 e. The van der Waals surface area contributed by atoms with Gasteiger partial charge in [-0.15, -0.1) is 0 Å². The number of pyridine rings is 1. The zero-order chi connectivity index (χ0) is 18.7. The number of esters is 1. The second kappa shape index (κ2) is 7.72. The van der Waals surface area contributed by atoms with Gasteiger partial charge in [-0.25, -0.2) is 4.79 Å². The van der Waals surface area contributed by atoms with Crippen molar-refractivity contribution in [1.29, 1.82) is 0 Å². The minimum atomic E-state index is -0.661. The third kappa shape index (κ3) is 3.95. The maximum absolute atomic E-state index is 12.4. The predicted molar refractivity (Wildman–Crippen MR) is 99.0 cm³/mol. The van der Waals surface area contributed by atoms with E-state index in [1.165, 1.54) is 6.07 Å². The van der Waals surface area contributed by atoms with E-state index >= 15 is 0 Å². The highest BCUT2D eigenvalue weighted by molar-refractivity contribution is 6.03. The third-order valence-corrected chi connectivity index (χ3v) is 5.22. The molecule has 26 heavy (non-hydrogen) atoms. The van der Waals surface area contributed by atoms with E-state index < -0.39 is 5.97 Å². The topological polar surface area (TPSA) is 79.5 Å². The second-order valence-corrected chi connectivity index (χ2v) is 7.09. The average Bonchev–Trinajstić information content (AvgIpc) is 2.65. The van der Waals surface area contributed by atoms with Crippen LogP contribution in [0.4, 0.5) is 0 Å². The molecule has 1 aromatic carbocycles. The minimum Gasteiger partial charge on any atom is -0.452 e. The number of rotatable bonds is 4. The van der Waals surface area contributed by atoms with Gasteiger partial charge in [0, 0.05) is 30.1 Å². The summed E-state index contributed by atoms with van der Waals surface area (Å²) in [6.45, 7) is 1.91. The van der Waals surface area contributed by atoms with Crippen molar-refractivity contribution in [2.45, 2.75) is 38.6 Å². The van der Waals surface area contributed by atoms with Gasteiger partial charge in [0.2, 0.25) is 5.56 Å². The van der Waals surface area contributed by atoms with Crippen LogP contribution in [0.5, 0.6) is 0 Å². The molecule has 1 N–H and O–H groups in total. The first-order chi connectivity index (χ1) is 12.5. The number of hydrogen-bond donors (Lipinski definition) is 1. The van der Waals surface area contributed by atoms with E-state index in [0.717, 1.165) is 25.7 Å². The Balaban J connectivity index is 1.65. The first kappa shape index (κ1) is 18.2. The molecular formula is C20H24N2O4. The van der Waals surface area contributed by atoms with E-state index in [-0.39, 0.29) is 29.7 Å². The quantitative estimate of drug-likeness (QED) is 0.854. The molecule has 138 valence electrons. The van der Waals surface area contributed by atoms with Crippen LogP contribution in [0.3, 0.4) is 0 Å². The number of nitrogens with one attached hydrogen (secondary N) is 1. The van der Waals surface area contributed by atoms with Gasteiger partial charge in [-0.3, -0.25) is 9.59 Å². The SMILES string of the molecule is CC1CCC(N(C)C(=O)COC(=O)c2cc(=O)[nH]c3ccccc23)CC1. The number of carbonyl (C=O) groups excluding carboxylic acids is 2. The van der Waals surface area contributed by atoms with Crippen LogP contribution in [-0.2, 0) is 9.53 Å². The summed E-state index contributed by atoms with van der Waals surface area (Å²) < 4.78 is 5.20. The number of aromatic amines is 1. The van der Waals surface area contributed by atoms with Crippen LogP contribution < -0.4 is 5.56 Å². The number of aromatic nitrogens is 1. The summed E-state index contributed by atoms with van der Waals surface area (Å²) in [5, 5.41) is 0.596.